The number of fused-ring (bicyclic) bond motifs is 1. The maximum absolute atomic E-state index is 12.9. The number of aliphatic imine (C=N–C) groups is 1. The van der Waals surface area contributed by atoms with Gasteiger partial charge in [0.25, 0.3) is 0 Å². The molecule has 17 heavy (non-hydrogen) atoms. The number of nitrogens with one attached hydrogen (secondary N) is 1. The first-order chi connectivity index (χ1) is 7.91. The molecule has 0 atom stereocenters. The summed E-state index contributed by atoms with van der Waals surface area (Å²) in [5.41, 5.74) is 1.50. The van der Waals surface area contributed by atoms with Crippen molar-refractivity contribution in [2.24, 2.45) is 4.99 Å². The Labute approximate surface area is 97.6 Å². The molecule has 1 N–H and O–H groups in total. The standard InChI is InChI=1S/C12H13F3N2/c1-7-3-8-5-9(6-16-2)17-11(8)10(4-7)12(13,14)15/h3-4,16H,5-6H2,1-2H3. The number of rotatable bonds is 2. The van der Waals surface area contributed by atoms with E-state index in [1.807, 2.05) is 0 Å². The summed E-state index contributed by atoms with van der Waals surface area (Å²) in [5.74, 6) is 0. The third-order valence-electron chi connectivity index (χ3n) is 2.68. The molecule has 0 unspecified atom stereocenters. The smallest absolute Gasteiger partial charge is 0.315 e. The Morgan fingerprint density at radius 1 is 1.35 bits per heavy atom. The minimum atomic E-state index is -4.34. The highest BCUT2D eigenvalue weighted by molar-refractivity contribution is 5.96. The fourth-order valence-electron chi connectivity index (χ4n) is 2.06. The van der Waals surface area contributed by atoms with Crippen LogP contribution in [-0.4, -0.2) is 19.3 Å². The first-order valence-corrected chi connectivity index (χ1v) is 5.33. The lowest BCUT2D eigenvalue weighted by Gasteiger charge is -2.11. The van der Waals surface area contributed by atoms with Crippen LogP contribution in [0, 0.1) is 6.92 Å². The highest BCUT2D eigenvalue weighted by Gasteiger charge is 2.36. The molecule has 5 heteroatoms. The largest absolute Gasteiger partial charge is 0.418 e. The van der Waals surface area contributed by atoms with E-state index in [4.69, 9.17) is 0 Å². The lowest BCUT2D eigenvalue weighted by atomic mass is 10.0. The predicted octanol–water partition coefficient (Wildman–Crippen LogP) is 2.86. The van der Waals surface area contributed by atoms with Crippen molar-refractivity contribution in [3.8, 4) is 0 Å². The lowest BCUT2D eigenvalue weighted by molar-refractivity contribution is -0.137. The Hall–Kier alpha value is -1.36. The first-order valence-electron chi connectivity index (χ1n) is 5.33. The summed E-state index contributed by atoms with van der Waals surface area (Å²) < 4.78 is 38.6. The summed E-state index contributed by atoms with van der Waals surface area (Å²) in [5, 5.41) is 2.91. The molecule has 0 amide bonds. The summed E-state index contributed by atoms with van der Waals surface area (Å²) in [6.07, 6.45) is -3.84. The Morgan fingerprint density at radius 3 is 2.65 bits per heavy atom. The molecule has 1 aromatic carbocycles. The molecule has 0 aliphatic carbocycles. The monoisotopic (exact) mass is 242 g/mol. The zero-order valence-corrected chi connectivity index (χ0v) is 9.65. The van der Waals surface area contributed by atoms with Gasteiger partial charge in [-0.05, 0) is 25.6 Å². The summed E-state index contributed by atoms with van der Waals surface area (Å²) in [4.78, 5) is 4.08. The number of alkyl halides is 3. The van der Waals surface area contributed by atoms with E-state index in [0.717, 1.165) is 11.8 Å². The molecular weight excluding hydrogens is 229 g/mol. The minimum Gasteiger partial charge on any atom is -0.315 e. The van der Waals surface area contributed by atoms with Crippen LogP contribution in [0.2, 0.25) is 0 Å². The Bertz CT molecular complexity index is 475. The van der Waals surface area contributed by atoms with Crippen LogP contribution in [0.5, 0.6) is 0 Å². The van der Waals surface area contributed by atoms with Gasteiger partial charge in [-0.2, -0.15) is 13.2 Å². The zero-order valence-electron chi connectivity index (χ0n) is 9.65. The van der Waals surface area contributed by atoms with E-state index in [0.29, 0.717) is 24.1 Å². The van der Waals surface area contributed by atoms with Crippen LogP contribution in [0.1, 0.15) is 16.7 Å². The van der Waals surface area contributed by atoms with Crippen molar-refractivity contribution in [1.29, 1.82) is 0 Å². The van der Waals surface area contributed by atoms with Crippen molar-refractivity contribution in [3.05, 3.63) is 28.8 Å². The van der Waals surface area contributed by atoms with Crippen LogP contribution < -0.4 is 5.32 Å². The van der Waals surface area contributed by atoms with Crippen molar-refractivity contribution in [1.82, 2.24) is 5.32 Å². The number of nitrogens with zero attached hydrogens (tertiary/aromatic N) is 1. The van der Waals surface area contributed by atoms with E-state index in [9.17, 15) is 13.2 Å². The zero-order chi connectivity index (χ0) is 12.6. The van der Waals surface area contributed by atoms with Gasteiger partial charge < -0.3 is 5.32 Å². The normalized spacial score (nSPS) is 14.8. The minimum absolute atomic E-state index is 0.0911. The average molecular weight is 242 g/mol. The average Bonchev–Trinajstić information content (AvgIpc) is 2.57. The van der Waals surface area contributed by atoms with Crippen molar-refractivity contribution in [2.75, 3.05) is 13.6 Å². The molecule has 0 bridgehead atoms. The molecule has 0 saturated heterocycles. The maximum Gasteiger partial charge on any atom is 0.418 e. The molecule has 1 aromatic rings. The van der Waals surface area contributed by atoms with Crippen molar-refractivity contribution in [2.45, 2.75) is 19.5 Å². The molecule has 1 aliphatic rings. The molecule has 0 radical (unpaired) electrons. The first kappa shape index (κ1) is 12.1. The molecule has 1 heterocycles. The fourth-order valence-corrected chi connectivity index (χ4v) is 2.06. The van der Waals surface area contributed by atoms with E-state index in [1.54, 1.807) is 20.0 Å². The lowest BCUT2D eigenvalue weighted by Crippen LogP contribution is -2.18. The molecule has 0 saturated carbocycles. The van der Waals surface area contributed by atoms with Crippen molar-refractivity contribution < 1.29 is 13.2 Å². The van der Waals surface area contributed by atoms with Crippen LogP contribution >= 0.6 is 0 Å². The highest BCUT2D eigenvalue weighted by atomic mass is 19.4. The summed E-state index contributed by atoms with van der Waals surface area (Å²) in [6.45, 7) is 2.19. The van der Waals surface area contributed by atoms with Gasteiger partial charge in [0.2, 0.25) is 0 Å². The predicted molar refractivity (Wildman–Crippen MR) is 60.9 cm³/mol. The van der Waals surface area contributed by atoms with Crippen LogP contribution in [0.3, 0.4) is 0 Å². The van der Waals surface area contributed by atoms with Gasteiger partial charge in [-0.25, -0.2) is 0 Å². The van der Waals surface area contributed by atoms with E-state index in [1.165, 1.54) is 0 Å². The van der Waals surface area contributed by atoms with Gasteiger partial charge in [-0.3, -0.25) is 4.99 Å². The number of hydrogen-bond donors (Lipinski definition) is 1. The maximum atomic E-state index is 12.9. The Kier molecular flexibility index (Phi) is 2.95. The number of aryl methyl sites for hydroxylation is 1. The van der Waals surface area contributed by atoms with Gasteiger partial charge in [0, 0.05) is 18.7 Å². The number of halogens is 3. The Balaban J connectivity index is 2.49. The second-order valence-electron chi connectivity index (χ2n) is 4.20. The van der Waals surface area contributed by atoms with Crippen LogP contribution in [-0.2, 0) is 12.6 Å². The van der Waals surface area contributed by atoms with E-state index >= 15 is 0 Å². The fraction of sp³-hybridized carbons (Fsp3) is 0.417. The Morgan fingerprint density at radius 2 is 2.06 bits per heavy atom. The third-order valence-corrected chi connectivity index (χ3v) is 2.68. The van der Waals surface area contributed by atoms with Crippen LogP contribution in [0.4, 0.5) is 18.9 Å². The summed E-state index contributed by atoms with van der Waals surface area (Å²) in [6, 6.07) is 2.93. The van der Waals surface area contributed by atoms with Crippen LogP contribution in [0.25, 0.3) is 0 Å². The van der Waals surface area contributed by atoms with E-state index in [-0.39, 0.29) is 5.69 Å². The second-order valence-corrected chi connectivity index (χ2v) is 4.20. The van der Waals surface area contributed by atoms with E-state index in [2.05, 4.69) is 10.3 Å². The summed E-state index contributed by atoms with van der Waals surface area (Å²) in [7, 11) is 1.75. The molecule has 2 rings (SSSR count). The molecule has 92 valence electrons. The molecule has 0 aromatic heterocycles. The van der Waals surface area contributed by atoms with Gasteiger partial charge in [-0.1, -0.05) is 11.6 Å². The molecule has 0 fully saturated rings. The molecular formula is C12H13F3N2. The van der Waals surface area contributed by atoms with Crippen LogP contribution in [0.15, 0.2) is 17.1 Å². The molecule has 2 nitrogen and oxygen atoms in total. The van der Waals surface area contributed by atoms with Gasteiger partial charge in [0.1, 0.15) is 0 Å². The van der Waals surface area contributed by atoms with Gasteiger partial charge in [0.15, 0.2) is 0 Å². The van der Waals surface area contributed by atoms with Crippen molar-refractivity contribution in [3.63, 3.8) is 0 Å². The second kappa shape index (κ2) is 4.14. The van der Waals surface area contributed by atoms with E-state index < -0.39 is 11.7 Å². The number of benzene rings is 1. The topological polar surface area (TPSA) is 24.4 Å². The number of hydrogen-bond acceptors (Lipinski definition) is 2. The molecule has 0 spiro atoms. The van der Waals surface area contributed by atoms with Gasteiger partial charge >= 0.3 is 6.18 Å². The highest BCUT2D eigenvalue weighted by Crippen LogP contribution is 2.41. The SMILES string of the molecule is CNCC1=Nc2c(cc(C)cc2C(F)(F)F)C1. The third kappa shape index (κ3) is 2.34. The summed E-state index contributed by atoms with van der Waals surface area (Å²) >= 11 is 0. The van der Waals surface area contributed by atoms with Gasteiger partial charge in [0.05, 0.1) is 11.3 Å². The quantitative estimate of drug-likeness (QED) is 0.847. The van der Waals surface area contributed by atoms with Gasteiger partial charge in [-0.15, -0.1) is 0 Å². The van der Waals surface area contributed by atoms with Crippen molar-refractivity contribution >= 4 is 11.4 Å². The molecule has 1 aliphatic heterocycles.